The first kappa shape index (κ1) is 13.9. The number of carbonyl (C=O) groups is 1. The number of oxime groups is 1. The van der Waals surface area contributed by atoms with Crippen LogP contribution in [0.25, 0.3) is 6.08 Å². The molecule has 20 heavy (non-hydrogen) atoms. The van der Waals surface area contributed by atoms with Crippen molar-refractivity contribution in [3.8, 4) is 17.2 Å². The molecule has 0 amide bonds. The van der Waals surface area contributed by atoms with Gasteiger partial charge < -0.3 is 19.0 Å². The standard InChI is InChI=1S/C14H15NO5/c1-8-10(14(16)20-15-8)5-9-6-11(17-2)13(19-4)12(7-9)18-3/h5-7H,1-4H3/b10-5-. The number of benzene rings is 1. The van der Waals surface area contributed by atoms with Crippen LogP contribution in [0.15, 0.2) is 22.9 Å². The lowest BCUT2D eigenvalue weighted by molar-refractivity contribution is -0.136. The molecular weight excluding hydrogens is 262 g/mol. The van der Waals surface area contributed by atoms with Crippen LogP contribution in [0.2, 0.25) is 0 Å². The van der Waals surface area contributed by atoms with E-state index in [0.29, 0.717) is 28.5 Å². The van der Waals surface area contributed by atoms with E-state index in [1.54, 1.807) is 25.1 Å². The Morgan fingerprint density at radius 2 is 1.70 bits per heavy atom. The second kappa shape index (κ2) is 5.64. The molecule has 2 rings (SSSR count). The second-order valence-corrected chi connectivity index (χ2v) is 4.07. The van der Waals surface area contributed by atoms with Gasteiger partial charge in [-0.2, -0.15) is 0 Å². The van der Waals surface area contributed by atoms with E-state index in [0.717, 1.165) is 5.56 Å². The van der Waals surface area contributed by atoms with Crippen molar-refractivity contribution in [1.29, 1.82) is 0 Å². The van der Waals surface area contributed by atoms with Crippen LogP contribution in [0, 0.1) is 0 Å². The molecule has 0 saturated heterocycles. The Labute approximate surface area is 116 Å². The van der Waals surface area contributed by atoms with E-state index in [1.807, 2.05) is 0 Å². The molecule has 1 aromatic carbocycles. The van der Waals surface area contributed by atoms with Gasteiger partial charge in [0.25, 0.3) is 0 Å². The summed E-state index contributed by atoms with van der Waals surface area (Å²) in [6, 6.07) is 3.49. The van der Waals surface area contributed by atoms with E-state index in [1.165, 1.54) is 21.3 Å². The van der Waals surface area contributed by atoms with Crippen LogP contribution in [0.3, 0.4) is 0 Å². The fourth-order valence-electron chi connectivity index (χ4n) is 1.87. The van der Waals surface area contributed by atoms with E-state index >= 15 is 0 Å². The number of nitrogens with zero attached hydrogens (tertiary/aromatic N) is 1. The van der Waals surface area contributed by atoms with Gasteiger partial charge in [-0.25, -0.2) is 4.79 Å². The monoisotopic (exact) mass is 277 g/mol. The highest BCUT2D eigenvalue weighted by Gasteiger charge is 2.22. The van der Waals surface area contributed by atoms with Gasteiger partial charge in [-0.1, -0.05) is 5.16 Å². The summed E-state index contributed by atoms with van der Waals surface area (Å²) in [4.78, 5) is 16.1. The van der Waals surface area contributed by atoms with Gasteiger partial charge in [-0.3, -0.25) is 0 Å². The summed E-state index contributed by atoms with van der Waals surface area (Å²) in [6.45, 7) is 1.70. The van der Waals surface area contributed by atoms with Crippen LogP contribution in [0.1, 0.15) is 12.5 Å². The lowest BCUT2D eigenvalue weighted by Gasteiger charge is -2.13. The summed E-state index contributed by atoms with van der Waals surface area (Å²) in [5.41, 5.74) is 1.66. The molecule has 0 aromatic heterocycles. The molecule has 0 bridgehead atoms. The Balaban J connectivity index is 2.51. The topological polar surface area (TPSA) is 66.4 Å². The van der Waals surface area contributed by atoms with Crippen LogP contribution in [0.5, 0.6) is 17.2 Å². The van der Waals surface area contributed by atoms with Gasteiger partial charge in [-0.05, 0) is 30.7 Å². The average Bonchev–Trinajstić information content (AvgIpc) is 2.77. The first-order valence-electron chi connectivity index (χ1n) is 5.88. The van der Waals surface area contributed by atoms with Crippen molar-refractivity contribution in [2.75, 3.05) is 21.3 Å². The first-order valence-corrected chi connectivity index (χ1v) is 5.88. The van der Waals surface area contributed by atoms with Crippen LogP contribution in [-0.4, -0.2) is 33.0 Å². The maximum absolute atomic E-state index is 11.5. The minimum atomic E-state index is -0.476. The molecule has 6 heteroatoms. The third-order valence-corrected chi connectivity index (χ3v) is 2.87. The Bertz CT molecular complexity index is 579. The fraction of sp³-hybridized carbons (Fsp3) is 0.286. The van der Waals surface area contributed by atoms with Gasteiger partial charge in [-0.15, -0.1) is 0 Å². The molecule has 1 heterocycles. The lowest BCUT2D eigenvalue weighted by atomic mass is 10.1. The van der Waals surface area contributed by atoms with Gasteiger partial charge in [0.05, 0.1) is 32.6 Å². The van der Waals surface area contributed by atoms with Crippen LogP contribution >= 0.6 is 0 Å². The second-order valence-electron chi connectivity index (χ2n) is 4.07. The Kier molecular flexibility index (Phi) is 3.93. The van der Waals surface area contributed by atoms with Gasteiger partial charge in [0.1, 0.15) is 0 Å². The SMILES string of the molecule is COc1cc(/C=C2\C(=O)ON=C2C)cc(OC)c1OC. The summed E-state index contributed by atoms with van der Waals surface area (Å²) in [7, 11) is 4.60. The molecule has 1 aliphatic rings. The molecule has 0 atom stereocenters. The van der Waals surface area contributed by atoms with E-state index in [9.17, 15) is 4.79 Å². The molecule has 0 unspecified atom stereocenters. The molecule has 6 nitrogen and oxygen atoms in total. The molecule has 0 fully saturated rings. The summed E-state index contributed by atoms with van der Waals surface area (Å²) in [5.74, 6) is 1.05. The molecular formula is C14H15NO5. The zero-order valence-corrected chi connectivity index (χ0v) is 11.7. The minimum Gasteiger partial charge on any atom is -0.493 e. The van der Waals surface area contributed by atoms with Crippen molar-refractivity contribution < 1.29 is 23.8 Å². The highest BCUT2D eigenvalue weighted by Crippen LogP contribution is 2.38. The Morgan fingerprint density at radius 3 is 2.10 bits per heavy atom. The Hall–Kier alpha value is -2.50. The molecule has 0 saturated carbocycles. The van der Waals surface area contributed by atoms with Gasteiger partial charge in [0.2, 0.25) is 5.75 Å². The van der Waals surface area contributed by atoms with Gasteiger partial charge in [0, 0.05) is 0 Å². The lowest BCUT2D eigenvalue weighted by Crippen LogP contribution is -2.02. The number of ether oxygens (including phenoxy) is 3. The van der Waals surface area contributed by atoms with Crippen LogP contribution in [-0.2, 0) is 9.63 Å². The smallest absolute Gasteiger partial charge is 0.367 e. The molecule has 1 aromatic rings. The number of carbonyl (C=O) groups excluding carboxylic acids is 1. The van der Waals surface area contributed by atoms with Gasteiger partial charge in [0.15, 0.2) is 11.5 Å². The minimum absolute atomic E-state index is 0.402. The Morgan fingerprint density at radius 1 is 1.10 bits per heavy atom. The largest absolute Gasteiger partial charge is 0.493 e. The third kappa shape index (κ3) is 2.45. The van der Waals surface area contributed by atoms with E-state index in [2.05, 4.69) is 9.99 Å². The normalized spacial score (nSPS) is 15.9. The highest BCUT2D eigenvalue weighted by atomic mass is 16.7. The number of methoxy groups -OCH3 is 3. The number of rotatable bonds is 4. The van der Waals surface area contributed by atoms with E-state index in [-0.39, 0.29) is 0 Å². The fourth-order valence-corrected chi connectivity index (χ4v) is 1.87. The van der Waals surface area contributed by atoms with Crippen molar-refractivity contribution in [1.82, 2.24) is 0 Å². The molecule has 106 valence electrons. The maximum atomic E-state index is 11.5. The predicted molar refractivity (Wildman–Crippen MR) is 73.3 cm³/mol. The van der Waals surface area contributed by atoms with E-state index < -0.39 is 5.97 Å². The molecule has 0 radical (unpaired) electrons. The summed E-state index contributed by atoms with van der Waals surface area (Å²) < 4.78 is 15.8. The molecule has 0 aliphatic carbocycles. The van der Waals surface area contributed by atoms with Crippen molar-refractivity contribution in [2.45, 2.75) is 6.92 Å². The van der Waals surface area contributed by atoms with Gasteiger partial charge >= 0.3 is 5.97 Å². The summed E-state index contributed by atoms with van der Waals surface area (Å²) >= 11 is 0. The average molecular weight is 277 g/mol. The molecule has 0 spiro atoms. The zero-order chi connectivity index (χ0) is 14.7. The number of hydrogen-bond acceptors (Lipinski definition) is 6. The maximum Gasteiger partial charge on any atom is 0.367 e. The molecule has 1 aliphatic heterocycles. The highest BCUT2D eigenvalue weighted by molar-refractivity contribution is 6.24. The summed E-state index contributed by atoms with van der Waals surface area (Å²) in [5, 5.41) is 3.63. The third-order valence-electron chi connectivity index (χ3n) is 2.87. The summed E-state index contributed by atoms with van der Waals surface area (Å²) in [6.07, 6.45) is 1.67. The van der Waals surface area contributed by atoms with Crippen molar-refractivity contribution >= 4 is 17.8 Å². The zero-order valence-electron chi connectivity index (χ0n) is 11.7. The quantitative estimate of drug-likeness (QED) is 0.622. The van der Waals surface area contributed by atoms with Crippen LogP contribution in [0.4, 0.5) is 0 Å². The first-order chi connectivity index (χ1) is 9.60. The van der Waals surface area contributed by atoms with Crippen molar-refractivity contribution in [2.24, 2.45) is 5.16 Å². The van der Waals surface area contributed by atoms with Crippen LogP contribution < -0.4 is 14.2 Å². The van der Waals surface area contributed by atoms with Crippen molar-refractivity contribution in [3.05, 3.63) is 23.3 Å². The number of hydrogen-bond donors (Lipinski definition) is 0. The molecule has 0 N–H and O–H groups in total. The van der Waals surface area contributed by atoms with E-state index in [4.69, 9.17) is 14.2 Å². The predicted octanol–water partition coefficient (Wildman–Crippen LogP) is 2.03. The van der Waals surface area contributed by atoms with Crippen molar-refractivity contribution in [3.63, 3.8) is 0 Å².